The second-order valence-electron chi connectivity index (χ2n) is 5.95. The van der Waals surface area contributed by atoms with E-state index in [2.05, 4.69) is 10.6 Å². The van der Waals surface area contributed by atoms with Gasteiger partial charge >= 0.3 is 0 Å². The second kappa shape index (κ2) is 8.09. The van der Waals surface area contributed by atoms with Crippen molar-refractivity contribution in [3.05, 3.63) is 24.3 Å². The van der Waals surface area contributed by atoms with Gasteiger partial charge in [-0.15, -0.1) is 12.4 Å². The summed E-state index contributed by atoms with van der Waals surface area (Å²) < 4.78 is 37.3. The highest BCUT2D eigenvalue weighted by molar-refractivity contribution is 5.95. The lowest BCUT2D eigenvalue weighted by atomic mass is 10.2. The molecule has 0 bridgehead atoms. The molecule has 2 fully saturated rings. The maximum atomic E-state index is 13.1. The Morgan fingerprint density at radius 3 is 2.71 bits per heavy atom. The van der Waals surface area contributed by atoms with Gasteiger partial charge in [0.25, 0.3) is 5.92 Å². The van der Waals surface area contributed by atoms with E-state index < -0.39 is 30.8 Å². The standard InChI is InChI=1S/C16H20F2N2O3.ClH/c17-16(18)8-14(19-10-16)15(21)20-11-3-5-12(6-4-11)23-9-13-2-1-7-22-13;/h3-6,13-14,19H,1-2,7-10H2,(H,20,21);1H. The highest BCUT2D eigenvalue weighted by atomic mass is 35.5. The molecule has 0 aliphatic carbocycles. The van der Waals surface area contributed by atoms with Crippen LogP contribution in [0, 0.1) is 0 Å². The molecule has 0 spiro atoms. The lowest BCUT2D eigenvalue weighted by molar-refractivity contribution is -0.118. The predicted molar refractivity (Wildman–Crippen MR) is 88.1 cm³/mol. The number of carbonyl (C=O) groups excluding carboxylic acids is 1. The number of carbonyl (C=O) groups is 1. The fourth-order valence-electron chi connectivity index (χ4n) is 2.73. The smallest absolute Gasteiger partial charge is 0.262 e. The van der Waals surface area contributed by atoms with Crippen LogP contribution in [0.3, 0.4) is 0 Å². The highest BCUT2D eigenvalue weighted by Gasteiger charge is 2.42. The Labute approximate surface area is 145 Å². The van der Waals surface area contributed by atoms with Crippen LogP contribution in [0.5, 0.6) is 5.75 Å². The summed E-state index contributed by atoms with van der Waals surface area (Å²) in [7, 11) is 0. The Kier molecular flexibility index (Phi) is 6.37. The highest BCUT2D eigenvalue weighted by Crippen LogP contribution is 2.26. The Morgan fingerprint density at radius 2 is 2.12 bits per heavy atom. The number of alkyl halides is 2. The van der Waals surface area contributed by atoms with Crippen molar-refractivity contribution in [2.75, 3.05) is 25.1 Å². The van der Waals surface area contributed by atoms with E-state index in [1.165, 1.54) is 0 Å². The molecule has 2 saturated heterocycles. The molecular formula is C16H21ClF2N2O3. The fraction of sp³-hybridized carbons (Fsp3) is 0.562. The zero-order valence-electron chi connectivity index (χ0n) is 13.1. The van der Waals surface area contributed by atoms with Crippen LogP contribution in [0.1, 0.15) is 19.3 Å². The van der Waals surface area contributed by atoms with Crippen molar-refractivity contribution in [3.8, 4) is 5.75 Å². The van der Waals surface area contributed by atoms with Gasteiger partial charge in [-0.25, -0.2) is 8.78 Å². The van der Waals surface area contributed by atoms with Gasteiger partial charge in [-0.3, -0.25) is 10.1 Å². The third-order valence-electron chi connectivity index (χ3n) is 4.01. The lowest BCUT2D eigenvalue weighted by Crippen LogP contribution is -2.35. The van der Waals surface area contributed by atoms with E-state index in [1.807, 2.05) is 0 Å². The summed E-state index contributed by atoms with van der Waals surface area (Å²) in [4.78, 5) is 11.9. The number of benzene rings is 1. The molecule has 0 radical (unpaired) electrons. The number of hydrogen-bond donors (Lipinski definition) is 2. The van der Waals surface area contributed by atoms with Crippen LogP contribution in [0.15, 0.2) is 24.3 Å². The van der Waals surface area contributed by atoms with Crippen molar-refractivity contribution in [2.45, 2.75) is 37.3 Å². The van der Waals surface area contributed by atoms with E-state index >= 15 is 0 Å². The van der Waals surface area contributed by atoms with Gasteiger partial charge in [-0.05, 0) is 37.1 Å². The summed E-state index contributed by atoms with van der Waals surface area (Å²) in [5.74, 6) is -2.58. The maximum Gasteiger partial charge on any atom is 0.262 e. The maximum absolute atomic E-state index is 13.1. The fourth-order valence-corrected chi connectivity index (χ4v) is 2.73. The van der Waals surface area contributed by atoms with Crippen LogP contribution in [0.2, 0.25) is 0 Å². The predicted octanol–water partition coefficient (Wildman–Crippen LogP) is 2.60. The minimum Gasteiger partial charge on any atom is -0.491 e. The van der Waals surface area contributed by atoms with E-state index in [0.29, 0.717) is 18.0 Å². The molecule has 134 valence electrons. The van der Waals surface area contributed by atoms with Crippen LogP contribution in [-0.4, -0.2) is 43.7 Å². The third kappa shape index (κ3) is 5.03. The largest absolute Gasteiger partial charge is 0.491 e. The molecule has 2 N–H and O–H groups in total. The topological polar surface area (TPSA) is 59.6 Å². The van der Waals surface area contributed by atoms with E-state index in [-0.39, 0.29) is 18.5 Å². The van der Waals surface area contributed by atoms with E-state index in [4.69, 9.17) is 9.47 Å². The molecule has 1 amide bonds. The minimum absolute atomic E-state index is 0. The first kappa shape index (κ1) is 18.9. The van der Waals surface area contributed by atoms with Gasteiger partial charge in [-0.2, -0.15) is 0 Å². The molecule has 2 unspecified atom stereocenters. The molecule has 2 atom stereocenters. The summed E-state index contributed by atoms with van der Waals surface area (Å²) in [6.45, 7) is 0.834. The zero-order chi connectivity index (χ0) is 16.3. The molecule has 2 aliphatic heterocycles. The average molecular weight is 363 g/mol. The van der Waals surface area contributed by atoms with E-state index in [0.717, 1.165) is 19.4 Å². The number of ether oxygens (including phenoxy) is 2. The average Bonchev–Trinajstić information content (AvgIpc) is 3.16. The number of anilines is 1. The van der Waals surface area contributed by atoms with Gasteiger partial charge < -0.3 is 14.8 Å². The van der Waals surface area contributed by atoms with Crippen LogP contribution in [0.4, 0.5) is 14.5 Å². The van der Waals surface area contributed by atoms with Gasteiger partial charge in [-0.1, -0.05) is 0 Å². The van der Waals surface area contributed by atoms with Crippen molar-refractivity contribution in [2.24, 2.45) is 0 Å². The summed E-state index contributed by atoms with van der Waals surface area (Å²) in [5.41, 5.74) is 0.552. The minimum atomic E-state index is -2.82. The zero-order valence-corrected chi connectivity index (χ0v) is 13.9. The number of amides is 1. The first-order valence-electron chi connectivity index (χ1n) is 7.78. The van der Waals surface area contributed by atoms with Gasteiger partial charge in [0.2, 0.25) is 5.91 Å². The van der Waals surface area contributed by atoms with Crippen molar-refractivity contribution in [1.82, 2.24) is 5.32 Å². The first-order valence-corrected chi connectivity index (χ1v) is 7.78. The summed E-state index contributed by atoms with van der Waals surface area (Å²) >= 11 is 0. The van der Waals surface area contributed by atoms with Crippen LogP contribution in [-0.2, 0) is 9.53 Å². The number of halogens is 3. The normalized spacial score (nSPS) is 25.1. The van der Waals surface area contributed by atoms with Crippen LogP contribution >= 0.6 is 12.4 Å². The number of hydrogen-bond acceptors (Lipinski definition) is 4. The third-order valence-corrected chi connectivity index (χ3v) is 4.01. The van der Waals surface area contributed by atoms with Gasteiger partial charge in [0.15, 0.2) is 0 Å². The molecule has 5 nitrogen and oxygen atoms in total. The van der Waals surface area contributed by atoms with Gasteiger partial charge in [0.1, 0.15) is 12.4 Å². The van der Waals surface area contributed by atoms with Gasteiger partial charge in [0, 0.05) is 18.7 Å². The summed E-state index contributed by atoms with van der Waals surface area (Å²) in [6.07, 6.45) is 1.74. The molecule has 0 saturated carbocycles. The molecule has 8 heteroatoms. The second-order valence-corrected chi connectivity index (χ2v) is 5.95. The van der Waals surface area contributed by atoms with E-state index in [1.54, 1.807) is 24.3 Å². The van der Waals surface area contributed by atoms with Crippen molar-refractivity contribution < 1.29 is 23.0 Å². The van der Waals surface area contributed by atoms with Gasteiger partial charge in [0.05, 0.1) is 18.7 Å². The SMILES string of the molecule is Cl.O=C(Nc1ccc(OCC2CCCO2)cc1)C1CC(F)(F)CN1. The van der Waals surface area contributed by atoms with Crippen molar-refractivity contribution in [1.29, 1.82) is 0 Å². The molecular weight excluding hydrogens is 342 g/mol. The van der Waals surface area contributed by atoms with Crippen molar-refractivity contribution in [3.63, 3.8) is 0 Å². The molecule has 1 aromatic rings. The quantitative estimate of drug-likeness (QED) is 0.845. The van der Waals surface area contributed by atoms with Crippen molar-refractivity contribution >= 4 is 24.0 Å². The molecule has 0 aromatic heterocycles. The van der Waals surface area contributed by atoms with Crippen LogP contribution < -0.4 is 15.4 Å². The monoisotopic (exact) mass is 362 g/mol. The lowest BCUT2D eigenvalue weighted by Gasteiger charge is -2.13. The Morgan fingerprint density at radius 1 is 1.38 bits per heavy atom. The molecule has 1 aromatic carbocycles. The molecule has 2 heterocycles. The summed E-state index contributed by atoms with van der Waals surface area (Å²) in [5, 5.41) is 5.16. The van der Waals surface area contributed by atoms with Crippen LogP contribution in [0.25, 0.3) is 0 Å². The molecule has 2 aliphatic rings. The summed E-state index contributed by atoms with van der Waals surface area (Å²) in [6, 6.07) is 5.99. The number of rotatable bonds is 5. The van der Waals surface area contributed by atoms with E-state index in [9.17, 15) is 13.6 Å². The Balaban J connectivity index is 0.00000208. The molecule has 3 rings (SSSR count). The Bertz CT molecular complexity index is 551. The Hall–Kier alpha value is -1.44. The number of nitrogens with one attached hydrogen (secondary N) is 2. The first-order chi connectivity index (χ1) is 11.0. The molecule has 24 heavy (non-hydrogen) atoms.